The van der Waals surface area contributed by atoms with Crippen LogP contribution in [0.1, 0.15) is 5.56 Å². The molecule has 5 nitrogen and oxygen atoms in total. The Bertz CT molecular complexity index is 442. The molecule has 0 atom stereocenters. The van der Waals surface area contributed by atoms with Crippen molar-refractivity contribution >= 4 is 11.8 Å². The van der Waals surface area contributed by atoms with Crippen molar-refractivity contribution in [1.82, 2.24) is 25.5 Å². The number of nitrogens with one attached hydrogen (secondary N) is 1. The van der Waals surface area contributed by atoms with Gasteiger partial charge in [0, 0.05) is 12.3 Å². The zero-order valence-electron chi connectivity index (χ0n) is 9.71. The Morgan fingerprint density at radius 1 is 1.29 bits per heavy atom. The van der Waals surface area contributed by atoms with Gasteiger partial charge in [0.2, 0.25) is 5.16 Å². The third kappa shape index (κ3) is 3.54. The summed E-state index contributed by atoms with van der Waals surface area (Å²) in [6.45, 7) is 1.66. The highest BCUT2D eigenvalue weighted by atomic mass is 32.2. The molecule has 0 bridgehead atoms. The largest absolute Gasteiger partial charge is 0.318 e. The van der Waals surface area contributed by atoms with Crippen LogP contribution in [-0.2, 0) is 12.3 Å². The van der Waals surface area contributed by atoms with E-state index in [0.717, 1.165) is 24.0 Å². The van der Waals surface area contributed by atoms with Gasteiger partial charge in [0.1, 0.15) is 0 Å². The number of aromatic nitrogens is 4. The number of thioether (sulfide) groups is 1. The average molecular weight is 249 g/mol. The summed E-state index contributed by atoms with van der Waals surface area (Å²) >= 11 is 1.66. The molecule has 0 aliphatic heterocycles. The van der Waals surface area contributed by atoms with Crippen molar-refractivity contribution < 1.29 is 0 Å². The standard InChI is InChI=1S/C11H15N5S/c1-12-7-8-16-11(13-14-15-16)17-9-10-5-3-2-4-6-10/h2-6,12H,7-9H2,1H3. The van der Waals surface area contributed by atoms with Gasteiger partial charge >= 0.3 is 0 Å². The smallest absolute Gasteiger partial charge is 0.209 e. The van der Waals surface area contributed by atoms with Crippen LogP contribution in [0.25, 0.3) is 0 Å². The van der Waals surface area contributed by atoms with Crippen LogP contribution >= 0.6 is 11.8 Å². The Kier molecular flexibility index (Phi) is 4.52. The van der Waals surface area contributed by atoms with E-state index < -0.39 is 0 Å². The predicted molar refractivity (Wildman–Crippen MR) is 67.7 cm³/mol. The number of nitrogens with zero attached hydrogens (tertiary/aromatic N) is 4. The molecule has 0 saturated heterocycles. The highest BCUT2D eigenvalue weighted by Gasteiger charge is 2.06. The minimum Gasteiger partial charge on any atom is -0.318 e. The summed E-state index contributed by atoms with van der Waals surface area (Å²) in [6.07, 6.45) is 0. The lowest BCUT2D eigenvalue weighted by atomic mass is 10.2. The fourth-order valence-electron chi connectivity index (χ4n) is 1.38. The molecule has 0 aliphatic carbocycles. The van der Waals surface area contributed by atoms with Crippen LogP contribution in [0.4, 0.5) is 0 Å². The normalized spacial score (nSPS) is 10.6. The van der Waals surface area contributed by atoms with E-state index in [1.165, 1.54) is 5.56 Å². The van der Waals surface area contributed by atoms with Gasteiger partial charge in [0.25, 0.3) is 0 Å². The molecule has 0 saturated carbocycles. The van der Waals surface area contributed by atoms with Gasteiger partial charge in [-0.1, -0.05) is 42.1 Å². The number of likely N-dealkylation sites (N-methyl/N-ethyl adjacent to an activating group) is 1. The van der Waals surface area contributed by atoms with Gasteiger partial charge in [-0.15, -0.1) is 5.10 Å². The van der Waals surface area contributed by atoms with Crippen LogP contribution in [0.2, 0.25) is 0 Å². The van der Waals surface area contributed by atoms with E-state index >= 15 is 0 Å². The lowest BCUT2D eigenvalue weighted by Gasteiger charge is -2.03. The maximum atomic E-state index is 4.02. The molecule has 0 spiro atoms. The van der Waals surface area contributed by atoms with Crippen LogP contribution in [0.15, 0.2) is 35.5 Å². The number of hydrogen-bond donors (Lipinski definition) is 1. The molecule has 17 heavy (non-hydrogen) atoms. The fourth-order valence-corrected chi connectivity index (χ4v) is 2.24. The van der Waals surface area contributed by atoms with Crippen LogP contribution in [-0.4, -0.2) is 33.8 Å². The number of hydrogen-bond acceptors (Lipinski definition) is 5. The maximum absolute atomic E-state index is 4.02. The summed E-state index contributed by atoms with van der Waals surface area (Å²) in [7, 11) is 1.92. The molecular formula is C11H15N5S. The third-order valence-corrected chi connectivity index (χ3v) is 3.31. The van der Waals surface area contributed by atoms with E-state index in [-0.39, 0.29) is 0 Å². The molecule has 90 valence electrons. The SMILES string of the molecule is CNCCn1nnnc1SCc1ccccc1. The third-order valence-electron chi connectivity index (χ3n) is 2.28. The Labute approximate surface area is 105 Å². The molecule has 2 aromatic rings. The molecule has 0 radical (unpaired) electrons. The molecule has 0 fully saturated rings. The van der Waals surface area contributed by atoms with Crippen molar-refractivity contribution in [2.24, 2.45) is 0 Å². The number of rotatable bonds is 6. The van der Waals surface area contributed by atoms with E-state index in [4.69, 9.17) is 0 Å². The molecule has 1 aromatic heterocycles. The zero-order valence-corrected chi connectivity index (χ0v) is 10.5. The van der Waals surface area contributed by atoms with Gasteiger partial charge in [0.05, 0.1) is 6.54 Å². The quantitative estimate of drug-likeness (QED) is 0.779. The molecule has 6 heteroatoms. The molecule has 1 heterocycles. The van der Waals surface area contributed by atoms with E-state index in [2.05, 4.69) is 33.0 Å². The highest BCUT2D eigenvalue weighted by molar-refractivity contribution is 7.98. The molecular weight excluding hydrogens is 234 g/mol. The maximum Gasteiger partial charge on any atom is 0.209 e. The first-order valence-corrected chi connectivity index (χ1v) is 6.46. The van der Waals surface area contributed by atoms with E-state index in [1.807, 2.05) is 29.9 Å². The first kappa shape index (κ1) is 12.1. The van der Waals surface area contributed by atoms with Crippen molar-refractivity contribution in [3.05, 3.63) is 35.9 Å². The number of tetrazole rings is 1. The first-order chi connectivity index (χ1) is 8.40. The minimum absolute atomic E-state index is 0.792. The van der Waals surface area contributed by atoms with Crippen molar-refractivity contribution in [3.63, 3.8) is 0 Å². The Hall–Kier alpha value is -1.40. The van der Waals surface area contributed by atoms with Crippen LogP contribution in [0, 0.1) is 0 Å². The predicted octanol–water partition coefficient (Wildman–Crippen LogP) is 1.18. The van der Waals surface area contributed by atoms with Gasteiger partial charge in [-0.3, -0.25) is 0 Å². The summed E-state index contributed by atoms with van der Waals surface area (Å²) in [6, 6.07) is 10.3. The van der Waals surface area contributed by atoms with Gasteiger partial charge in [0.15, 0.2) is 0 Å². The second-order valence-corrected chi connectivity index (χ2v) is 4.50. The molecule has 0 amide bonds. The second kappa shape index (κ2) is 6.36. The lowest BCUT2D eigenvalue weighted by Crippen LogP contribution is -2.16. The van der Waals surface area contributed by atoms with Crippen molar-refractivity contribution in [3.8, 4) is 0 Å². The van der Waals surface area contributed by atoms with Gasteiger partial charge in [-0.2, -0.15) is 0 Å². The van der Waals surface area contributed by atoms with E-state index in [0.29, 0.717) is 0 Å². The molecule has 2 rings (SSSR count). The van der Waals surface area contributed by atoms with Gasteiger partial charge in [-0.25, -0.2) is 4.68 Å². The lowest BCUT2D eigenvalue weighted by molar-refractivity contribution is 0.530. The number of benzene rings is 1. The minimum atomic E-state index is 0.792. The second-order valence-electron chi connectivity index (χ2n) is 3.56. The van der Waals surface area contributed by atoms with Crippen molar-refractivity contribution in [1.29, 1.82) is 0 Å². The highest BCUT2D eigenvalue weighted by Crippen LogP contribution is 2.19. The molecule has 0 unspecified atom stereocenters. The van der Waals surface area contributed by atoms with Gasteiger partial charge in [-0.05, 0) is 23.0 Å². The monoisotopic (exact) mass is 249 g/mol. The summed E-state index contributed by atoms with van der Waals surface area (Å²) in [5.74, 6) is 0.890. The Balaban J connectivity index is 1.92. The van der Waals surface area contributed by atoms with Crippen LogP contribution < -0.4 is 5.32 Å². The first-order valence-electron chi connectivity index (χ1n) is 5.47. The Morgan fingerprint density at radius 3 is 2.88 bits per heavy atom. The van der Waals surface area contributed by atoms with E-state index in [9.17, 15) is 0 Å². The molecule has 1 aromatic carbocycles. The van der Waals surface area contributed by atoms with Crippen molar-refractivity contribution in [2.45, 2.75) is 17.5 Å². The van der Waals surface area contributed by atoms with Crippen molar-refractivity contribution in [2.75, 3.05) is 13.6 Å². The molecule has 0 aliphatic rings. The summed E-state index contributed by atoms with van der Waals surface area (Å²) in [5.41, 5.74) is 1.28. The van der Waals surface area contributed by atoms with Crippen LogP contribution in [0.3, 0.4) is 0 Å². The van der Waals surface area contributed by atoms with E-state index in [1.54, 1.807) is 11.8 Å². The Morgan fingerprint density at radius 2 is 2.12 bits per heavy atom. The molecule has 1 N–H and O–H groups in total. The summed E-state index contributed by atoms with van der Waals surface area (Å²) < 4.78 is 1.82. The average Bonchev–Trinajstić information content (AvgIpc) is 2.82. The van der Waals surface area contributed by atoms with Crippen LogP contribution in [0.5, 0.6) is 0 Å². The summed E-state index contributed by atoms with van der Waals surface area (Å²) in [4.78, 5) is 0. The van der Waals surface area contributed by atoms with Gasteiger partial charge < -0.3 is 5.32 Å². The zero-order chi connectivity index (χ0) is 11.9. The topological polar surface area (TPSA) is 55.6 Å². The summed E-state index contributed by atoms with van der Waals surface area (Å²) in [5, 5.41) is 15.6. The fraction of sp³-hybridized carbons (Fsp3) is 0.364.